The molecule has 0 unspecified atom stereocenters. The van der Waals surface area contributed by atoms with E-state index in [9.17, 15) is 0 Å². The standard InChI is InChI=1S/C40H39N/c1-39(2,3)32-20-24-37-35(26-32)36-27-33(40(4,5)6)21-25-38(36)41(37)34-22-18-31(19-23-34)30-16-14-29(15-17-30)13-12-28-10-8-7-9-11-28/h7-27H,1-6H3/b13-12+. The first-order valence-corrected chi connectivity index (χ1v) is 14.6. The van der Waals surface area contributed by atoms with Gasteiger partial charge >= 0.3 is 0 Å². The van der Waals surface area contributed by atoms with Crippen LogP contribution in [0.3, 0.4) is 0 Å². The van der Waals surface area contributed by atoms with Crippen molar-refractivity contribution in [1.82, 2.24) is 4.57 Å². The van der Waals surface area contributed by atoms with E-state index >= 15 is 0 Å². The lowest BCUT2D eigenvalue weighted by molar-refractivity contribution is 0.590. The van der Waals surface area contributed by atoms with Crippen LogP contribution in [-0.2, 0) is 10.8 Å². The summed E-state index contributed by atoms with van der Waals surface area (Å²) >= 11 is 0. The van der Waals surface area contributed by atoms with E-state index in [1.165, 1.54) is 60.9 Å². The average molecular weight is 534 g/mol. The minimum Gasteiger partial charge on any atom is -0.309 e. The predicted octanol–water partition coefficient (Wildman–Crippen LogP) is 11.2. The van der Waals surface area contributed by atoms with E-state index in [1.807, 2.05) is 6.07 Å². The van der Waals surface area contributed by atoms with E-state index in [0.29, 0.717) is 0 Å². The van der Waals surface area contributed by atoms with Crippen LogP contribution >= 0.6 is 0 Å². The summed E-state index contributed by atoms with van der Waals surface area (Å²) in [6.07, 6.45) is 4.32. The highest BCUT2D eigenvalue weighted by Crippen LogP contribution is 2.37. The molecule has 6 aromatic rings. The Balaban J connectivity index is 1.38. The molecule has 0 saturated heterocycles. The summed E-state index contributed by atoms with van der Waals surface area (Å²) in [6, 6.07) is 42.2. The van der Waals surface area contributed by atoms with Crippen molar-refractivity contribution < 1.29 is 0 Å². The van der Waals surface area contributed by atoms with Gasteiger partial charge in [0.05, 0.1) is 11.0 Å². The first kappa shape index (κ1) is 26.8. The van der Waals surface area contributed by atoms with Gasteiger partial charge in [-0.2, -0.15) is 0 Å². The average Bonchev–Trinajstić information content (AvgIpc) is 3.29. The molecule has 0 atom stereocenters. The zero-order chi connectivity index (χ0) is 28.8. The molecule has 1 heterocycles. The van der Waals surface area contributed by atoms with E-state index in [0.717, 1.165) is 0 Å². The van der Waals surface area contributed by atoms with Gasteiger partial charge in [-0.05, 0) is 80.6 Å². The van der Waals surface area contributed by atoms with Crippen LogP contribution in [0.4, 0.5) is 0 Å². The Labute approximate surface area is 244 Å². The molecule has 1 aromatic heterocycles. The van der Waals surface area contributed by atoms with E-state index in [1.54, 1.807) is 0 Å². The van der Waals surface area contributed by atoms with Crippen molar-refractivity contribution in [2.75, 3.05) is 0 Å². The molecule has 0 bridgehead atoms. The normalized spacial score (nSPS) is 12.5. The van der Waals surface area contributed by atoms with Gasteiger partial charge in [-0.1, -0.05) is 133 Å². The van der Waals surface area contributed by atoms with E-state index in [-0.39, 0.29) is 10.8 Å². The zero-order valence-corrected chi connectivity index (χ0v) is 25.1. The summed E-state index contributed by atoms with van der Waals surface area (Å²) in [7, 11) is 0. The number of nitrogens with zero attached hydrogens (tertiary/aromatic N) is 1. The highest BCUT2D eigenvalue weighted by atomic mass is 15.0. The Kier molecular flexibility index (Phi) is 6.70. The number of aromatic nitrogens is 1. The summed E-state index contributed by atoms with van der Waals surface area (Å²) in [5.41, 5.74) is 11.5. The zero-order valence-electron chi connectivity index (χ0n) is 25.1. The van der Waals surface area contributed by atoms with Crippen molar-refractivity contribution in [2.45, 2.75) is 52.4 Å². The van der Waals surface area contributed by atoms with Crippen LogP contribution in [0.15, 0.2) is 115 Å². The van der Waals surface area contributed by atoms with Gasteiger partial charge in [0.25, 0.3) is 0 Å². The second-order valence-corrected chi connectivity index (χ2v) is 13.2. The monoisotopic (exact) mass is 533 g/mol. The first-order valence-electron chi connectivity index (χ1n) is 14.6. The summed E-state index contributed by atoms with van der Waals surface area (Å²) in [4.78, 5) is 0. The number of hydrogen-bond donors (Lipinski definition) is 0. The molecular weight excluding hydrogens is 494 g/mol. The summed E-state index contributed by atoms with van der Waals surface area (Å²) in [5, 5.41) is 2.64. The predicted molar refractivity (Wildman–Crippen MR) is 179 cm³/mol. The SMILES string of the molecule is CC(C)(C)c1ccc2c(c1)c1cc(C(C)(C)C)ccc1n2-c1ccc(-c2ccc(/C=C/c3ccccc3)cc2)cc1. The number of hydrogen-bond acceptors (Lipinski definition) is 0. The van der Waals surface area contributed by atoms with Gasteiger partial charge in [0.15, 0.2) is 0 Å². The molecule has 1 nitrogen and oxygen atoms in total. The molecule has 0 aliphatic heterocycles. The second-order valence-electron chi connectivity index (χ2n) is 13.2. The highest BCUT2D eigenvalue weighted by Gasteiger charge is 2.20. The van der Waals surface area contributed by atoms with E-state index in [2.05, 4.69) is 167 Å². The van der Waals surface area contributed by atoms with Crippen molar-refractivity contribution in [1.29, 1.82) is 0 Å². The third kappa shape index (κ3) is 5.37. The van der Waals surface area contributed by atoms with Gasteiger partial charge in [0.2, 0.25) is 0 Å². The van der Waals surface area contributed by atoms with Crippen LogP contribution in [0.25, 0.3) is 50.8 Å². The van der Waals surface area contributed by atoms with Crippen molar-refractivity contribution in [3.05, 3.63) is 138 Å². The fraction of sp³-hybridized carbons (Fsp3) is 0.200. The van der Waals surface area contributed by atoms with Gasteiger partial charge in [0, 0.05) is 16.5 Å². The summed E-state index contributed by atoms with van der Waals surface area (Å²) in [6.45, 7) is 13.7. The Morgan fingerprint density at radius 1 is 0.463 bits per heavy atom. The van der Waals surface area contributed by atoms with Crippen molar-refractivity contribution in [3.63, 3.8) is 0 Å². The quantitative estimate of drug-likeness (QED) is 0.199. The van der Waals surface area contributed by atoms with Gasteiger partial charge < -0.3 is 4.57 Å². The smallest absolute Gasteiger partial charge is 0.0541 e. The molecule has 0 amide bonds. The molecule has 41 heavy (non-hydrogen) atoms. The lowest BCUT2D eigenvalue weighted by Gasteiger charge is -2.19. The minimum absolute atomic E-state index is 0.0960. The molecular formula is C40H39N. The fourth-order valence-corrected chi connectivity index (χ4v) is 5.58. The third-order valence-corrected chi connectivity index (χ3v) is 8.13. The molecule has 6 rings (SSSR count). The maximum absolute atomic E-state index is 2.42. The van der Waals surface area contributed by atoms with Crippen LogP contribution in [0, 0.1) is 0 Å². The molecule has 0 radical (unpaired) electrons. The fourth-order valence-electron chi connectivity index (χ4n) is 5.58. The van der Waals surface area contributed by atoms with Crippen LogP contribution in [0.1, 0.15) is 63.8 Å². The lowest BCUT2D eigenvalue weighted by atomic mass is 9.85. The van der Waals surface area contributed by atoms with Gasteiger partial charge in [-0.25, -0.2) is 0 Å². The van der Waals surface area contributed by atoms with Gasteiger partial charge in [-0.15, -0.1) is 0 Å². The Morgan fingerprint density at radius 2 is 0.902 bits per heavy atom. The lowest BCUT2D eigenvalue weighted by Crippen LogP contribution is -2.10. The van der Waals surface area contributed by atoms with Crippen LogP contribution in [0.5, 0.6) is 0 Å². The van der Waals surface area contributed by atoms with Gasteiger partial charge in [0.1, 0.15) is 0 Å². The Hall–Kier alpha value is -4.36. The van der Waals surface area contributed by atoms with Crippen LogP contribution in [-0.4, -0.2) is 4.57 Å². The molecule has 0 fully saturated rings. The molecule has 0 aliphatic carbocycles. The third-order valence-electron chi connectivity index (χ3n) is 8.13. The molecule has 5 aromatic carbocycles. The van der Waals surface area contributed by atoms with Gasteiger partial charge in [-0.3, -0.25) is 0 Å². The number of benzene rings is 5. The Bertz CT molecular complexity index is 1780. The Morgan fingerprint density at radius 3 is 1.37 bits per heavy atom. The highest BCUT2D eigenvalue weighted by molar-refractivity contribution is 6.10. The molecule has 0 N–H and O–H groups in total. The van der Waals surface area contributed by atoms with Crippen LogP contribution in [0.2, 0.25) is 0 Å². The maximum atomic E-state index is 2.42. The summed E-state index contributed by atoms with van der Waals surface area (Å²) < 4.78 is 2.42. The largest absolute Gasteiger partial charge is 0.309 e. The van der Waals surface area contributed by atoms with E-state index in [4.69, 9.17) is 0 Å². The molecule has 1 heteroatoms. The van der Waals surface area contributed by atoms with E-state index < -0.39 is 0 Å². The van der Waals surface area contributed by atoms with Crippen molar-refractivity contribution >= 4 is 34.0 Å². The van der Waals surface area contributed by atoms with Crippen molar-refractivity contribution in [2.24, 2.45) is 0 Å². The molecule has 0 spiro atoms. The number of rotatable bonds is 4. The number of fused-ring (bicyclic) bond motifs is 3. The summed E-state index contributed by atoms with van der Waals surface area (Å²) in [5.74, 6) is 0. The van der Waals surface area contributed by atoms with Crippen molar-refractivity contribution in [3.8, 4) is 16.8 Å². The molecule has 0 aliphatic rings. The van der Waals surface area contributed by atoms with Crippen LogP contribution < -0.4 is 0 Å². The molecule has 0 saturated carbocycles. The second kappa shape index (κ2) is 10.2. The maximum Gasteiger partial charge on any atom is 0.0541 e. The first-order chi connectivity index (χ1) is 19.6. The minimum atomic E-state index is 0.0960. The molecule has 204 valence electrons. The topological polar surface area (TPSA) is 4.93 Å².